The molecule has 3 N–H and O–H groups in total. The number of nitrogens with zero attached hydrogens (tertiary/aromatic N) is 6. The molecule has 8 nitrogen and oxygen atoms in total. The van der Waals surface area contributed by atoms with Gasteiger partial charge in [-0.05, 0) is 98.7 Å². The molecule has 1 aromatic carbocycles. The molecule has 51 heavy (non-hydrogen) atoms. The lowest BCUT2D eigenvalue weighted by molar-refractivity contribution is 0.228. The zero-order chi connectivity index (χ0) is 37.9. The van der Waals surface area contributed by atoms with E-state index >= 15 is 0 Å². The molecule has 0 spiro atoms. The number of hydrogen-bond donors (Lipinski definition) is 2. The van der Waals surface area contributed by atoms with Crippen molar-refractivity contribution in [1.82, 2.24) is 25.3 Å². The van der Waals surface area contributed by atoms with Gasteiger partial charge in [-0.15, -0.1) is 11.6 Å². The Morgan fingerprint density at radius 3 is 2.16 bits per heavy atom. The Morgan fingerprint density at radius 1 is 0.941 bits per heavy atom. The van der Waals surface area contributed by atoms with E-state index in [0.717, 1.165) is 66.4 Å². The summed E-state index contributed by atoms with van der Waals surface area (Å²) in [6.07, 6.45) is 15.1. The number of nitrogens with two attached hydrogens (primary N) is 1. The van der Waals surface area contributed by atoms with E-state index < -0.39 is 0 Å². The lowest BCUT2D eigenvalue weighted by atomic mass is 9.88. The minimum absolute atomic E-state index is 0.0652. The number of aryl methyl sites for hydroxylation is 1. The van der Waals surface area contributed by atoms with Gasteiger partial charge >= 0.3 is 0 Å². The Hall–Kier alpha value is -4.01. The number of aromatic nitrogens is 2. The van der Waals surface area contributed by atoms with Crippen molar-refractivity contribution < 1.29 is 0 Å². The van der Waals surface area contributed by atoms with Gasteiger partial charge in [0.1, 0.15) is 5.82 Å². The molecule has 2 aromatic heterocycles. The molecular weight excluding hydrogens is 652 g/mol. The number of allylic oxidation sites excluding steroid dienone is 1. The van der Waals surface area contributed by atoms with Gasteiger partial charge in [-0.25, -0.2) is 9.99 Å². The van der Waals surface area contributed by atoms with E-state index in [1.165, 1.54) is 29.5 Å². The number of alkyl halides is 1. The van der Waals surface area contributed by atoms with Gasteiger partial charge in [-0.2, -0.15) is 10.2 Å². The molecule has 3 aliphatic heterocycles. The third-order valence-electron chi connectivity index (χ3n) is 8.46. The first-order valence-corrected chi connectivity index (χ1v) is 19.5. The molecule has 1 atom stereocenters. The van der Waals surface area contributed by atoms with Crippen molar-refractivity contribution in [2.24, 2.45) is 16.1 Å². The average molecular weight is 715 g/mol. The molecule has 1 unspecified atom stereocenters. The second-order valence-corrected chi connectivity index (χ2v) is 12.6. The summed E-state index contributed by atoms with van der Waals surface area (Å²) in [7, 11) is 0. The highest BCUT2D eigenvalue weighted by molar-refractivity contribution is 6.15. The van der Waals surface area contributed by atoms with Gasteiger partial charge in [0.05, 0.1) is 5.71 Å². The van der Waals surface area contributed by atoms with E-state index in [0.29, 0.717) is 17.7 Å². The fourth-order valence-corrected chi connectivity index (χ4v) is 6.03. The Morgan fingerprint density at radius 2 is 1.57 bits per heavy atom. The summed E-state index contributed by atoms with van der Waals surface area (Å²) in [5, 5.41) is 11.3. The van der Waals surface area contributed by atoms with E-state index in [1.807, 2.05) is 63.3 Å². The van der Waals surface area contributed by atoms with Crippen LogP contribution in [0.15, 0.2) is 82.8 Å². The maximum Gasteiger partial charge on any atom is 0.171 e. The molecule has 0 amide bonds. The number of hydrazone groups is 2. The number of halogens is 1. The molecule has 6 rings (SSSR count). The van der Waals surface area contributed by atoms with E-state index in [1.54, 1.807) is 0 Å². The zero-order valence-corrected chi connectivity index (χ0v) is 33.8. The minimum atomic E-state index is -0.0652. The van der Waals surface area contributed by atoms with Crippen LogP contribution in [0.5, 0.6) is 0 Å². The van der Waals surface area contributed by atoms with Crippen LogP contribution in [-0.4, -0.2) is 57.4 Å². The number of piperidine rings is 1. The predicted octanol–water partition coefficient (Wildman–Crippen LogP) is 10.4. The van der Waals surface area contributed by atoms with Crippen LogP contribution < -0.4 is 11.2 Å². The third-order valence-corrected chi connectivity index (χ3v) is 8.46. The van der Waals surface area contributed by atoms with Gasteiger partial charge in [0.2, 0.25) is 0 Å². The number of hydrogen-bond acceptors (Lipinski definition) is 8. The number of amidine groups is 1. The van der Waals surface area contributed by atoms with Crippen LogP contribution in [0, 0.1) is 12.8 Å². The highest BCUT2D eigenvalue weighted by Gasteiger charge is 2.30. The lowest BCUT2D eigenvalue weighted by Gasteiger charge is -2.32. The van der Waals surface area contributed by atoms with Crippen molar-refractivity contribution in [3.8, 4) is 11.1 Å². The predicted molar refractivity (Wildman–Crippen MR) is 222 cm³/mol. The Balaban J connectivity index is 0.000000923. The SMILES string of the molecule is C/C(=C\c1c(-c2ccc(N)nc2)ccnc1C)CN1CCC(c2ccc(C3NN=C4C=CC(C(C)C)=NN43)cc2)CC1.CC.CC.CCC.CCl. The molecule has 3 aliphatic rings. The fourth-order valence-electron chi connectivity index (χ4n) is 6.03. The molecule has 0 bridgehead atoms. The highest BCUT2D eigenvalue weighted by atomic mass is 35.5. The van der Waals surface area contributed by atoms with Crippen LogP contribution in [0.2, 0.25) is 0 Å². The Labute approximate surface area is 314 Å². The summed E-state index contributed by atoms with van der Waals surface area (Å²) in [6, 6.07) is 15.0. The standard InChI is InChI=1S/C34H40N8.C3H8.2C2H6.CH3Cl/c1-22(2)31-10-12-33-38-39-34(42(33)40-31)27-7-5-25(6-8-27)26-14-17-41(18-15-26)21-23(3)19-30-24(4)36-16-13-29(30)28-9-11-32(35)37-20-28;1-3-2;3*1-2/h5-13,16,19-20,22,26,34,39H,14-15,17-18,21H2,1-4H3,(H2,35,37);3H2,1-2H3;2*1-2H3;1H3/b23-19+;;;;. The number of benzene rings is 1. The summed E-state index contributed by atoms with van der Waals surface area (Å²) < 4.78 is 0. The molecular formula is C42H63ClN8. The van der Waals surface area contributed by atoms with E-state index in [2.05, 4.69) is 121 Å². The van der Waals surface area contributed by atoms with Crippen molar-refractivity contribution >= 4 is 35.0 Å². The van der Waals surface area contributed by atoms with Crippen molar-refractivity contribution in [3.63, 3.8) is 0 Å². The first kappa shape index (κ1) is 43.2. The van der Waals surface area contributed by atoms with Crippen LogP contribution in [0.4, 0.5) is 5.82 Å². The number of pyridine rings is 2. The van der Waals surface area contributed by atoms with Crippen molar-refractivity contribution in [2.75, 3.05) is 31.8 Å². The van der Waals surface area contributed by atoms with Crippen LogP contribution in [-0.2, 0) is 0 Å². The molecule has 278 valence electrons. The maximum absolute atomic E-state index is 5.82. The summed E-state index contributed by atoms with van der Waals surface area (Å²) in [4.78, 5) is 11.4. The molecule has 1 fully saturated rings. The summed E-state index contributed by atoms with van der Waals surface area (Å²) in [6.45, 7) is 24.0. The number of anilines is 1. The molecule has 5 heterocycles. The Bertz CT molecular complexity index is 1570. The minimum Gasteiger partial charge on any atom is -0.384 e. The molecule has 9 heteroatoms. The highest BCUT2D eigenvalue weighted by Crippen LogP contribution is 2.32. The molecule has 3 aromatic rings. The second kappa shape index (κ2) is 22.7. The van der Waals surface area contributed by atoms with E-state index in [-0.39, 0.29) is 6.17 Å². The summed E-state index contributed by atoms with van der Waals surface area (Å²) in [5.41, 5.74) is 18.4. The van der Waals surface area contributed by atoms with Crippen molar-refractivity contribution in [3.05, 3.63) is 95.0 Å². The molecule has 0 aliphatic carbocycles. The van der Waals surface area contributed by atoms with Gasteiger partial charge < -0.3 is 5.73 Å². The van der Waals surface area contributed by atoms with E-state index in [9.17, 15) is 0 Å². The normalized spacial score (nSPS) is 16.8. The lowest BCUT2D eigenvalue weighted by Crippen LogP contribution is -2.34. The van der Waals surface area contributed by atoms with Gasteiger partial charge in [-0.1, -0.05) is 97.7 Å². The van der Waals surface area contributed by atoms with Crippen LogP contribution in [0.25, 0.3) is 17.2 Å². The molecule has 0 radical (unpaired) electrons. The number of nitrogen functional groups attached to an aromatic ring is 1. The smallest absolute Gasteiger partial charge is 0.171 e. The topological polar surface area (TPSA) is 95.0 Å². The largest absolute Gasteiger partial charge is 0.384 e. The van der Waals surface area contributed by atoms with Crippen LogP contribution >= 0.6 is 11.6 Å². The zero-order valence-electron chi connectivity index (χ0n) is 33.0. The van der Waals surface area contributed by atoms with Crippen LogP contribution in [0.1, 0.15) is 116 Å². The second-order valence-electron chi connectivity index (χ2n) is 12.6. The third kappa shape index (κ3) is 12.0. The average Bonchev–Trinajstić information content (AvgIpc) is 3.59. The maximum atomic E-state index is 5.82. The first-order chi connectivity index (χ1) is 24.8. The van der Waals surface area contributed by atoms with Crippen molar-refractivity contribution in [1.29, 1.82) is 0 Å². The number of fused-ring (bicyclic) bond motifs is 1. The summed E-state index contributed by atoms with van der Waals surface area (Å²) >= 11 is 4.64. The quantitative estimate of drug-likeness (QED) is 0.237. The number of likely N-dealkylation sites (tertiary alicyclic amines) is 1. The number of rotatable bonds is 7. The van der Waals surface area contributed by atoms with Gasteiger partial charge in [0.15, 0.2) is 12.0 Å². The number of nitrogens with one attached hydrogen (secondary N) is 1. The van der Waals surface area contributed by atoms with Gasteiger partial charge in [0, 0.05) is 42.1 Å². The van der Waals surface area contributed by atoms with Crippen LogP contribution in [0.3, 0.4) is 0 Å². The van der Waals surface area contributed by atoms with E-state index in [4.69, 9.17) is 10.8 Å². The fraction of sp³-hybridized carbons (Fsp3) is 0.476. The molecule has 0 saturated carbocycles. The van der Waals surface area contributed by atoms with Gasteiger partial charge in [0.25, 0.3) is 0 Å². The molecule has 1 saturated heterocycles. The van der Waals surface area contributed by atoms with Gasteiger partial charge in [-0.3, -0.25) is 15.3 Å². The summed E-state index contributed by atoms with van der Waals surface area (Å²) in [5.74, 6) is 2.35. The first-order valence-electron chi connectivity index (χ1n) is 18.7. The monoisotopic (exact) mass is 714 g/mol. The van der Waals surface area contributed by atoms with Crippen molar-refractivity contribution in [2.45, 2.75) is 101 Å². The Kier molecular flexibility index (Phi) is 19.2.